The van der Waals surface area contributed by atoms with Gasteiger partial charge in [-0.15, -0.1) is 5.10 Å². The van der Waals surface area contributed by atoms with E-state index < -0.39 is 0 Å². The summed E-state index contributed by atoms with van der Waals surface area (Å²) in [6.07, 6.45) is 0. The van der Waals surface area contributed by atoms with Crippen molar-refractivity contribution in [3.8, 4) is 0 Å². The van der Waals surface area contributed by atoms with E-state index in [1.165, 1.54) is 11.1 Å². The lowest BCUT2D eigenvalue weighted by atomic mass is 10.0. The Kier molecular flexibility index (Phi) is 5.71. The molecule has 0 fully saturated rings. The van der Waals surface area contributed by atoms with E-state index in [4.69, 9.17) is 9.15 Å². The molecule has 6 nitrogen and oxygen atoms in total. The van der Waals surface area contributed by atoms with E-state index in [1.54, 1.807) is 7.11 Å². The quantitative estimate of drug-likeness (QED) is 0.727. The molecule has 2 rings (SSSR count). The van der Waals surface area contributed by atoms with Crippen molar-refractivity contribution < 1.29 is 9.15 Å². The zero-order valence-electron chi connectivity index (χ0n) is 12.7. The van der Waals surface area contributed by atoms with E-state index >= 15 is 0 Å². The summed E-state index contributed by atoms with van der Waals surface area (Å²) >= 11 is 0. The van der Waals surface area contributed by atoms with Crippen LogP contribution in [0.4, 0.5) is 6.01 Å². The van der Waals surface area contributed by atoms with Gasteiger partial charge in [0.2, 0.25) is 5.89 Å². The van der Waals surface area contributed by atoms with E-state index in [-0.39, 0.29) is 6.04 Å². The highest BCUT2D eigenvalue weighted by atomic mass is 16.5. The molecule has 2 aromatic rings. The molecule has 0 amide bonds. The molecule has 0 radical (unpaired) electrons. The monoisotopic (exact) mass is 290 g/mol. The summed E-state index contributed by atoms with van der Waals surface area (Å²) in [7, 11) is 1.67. The average Bonchev–Trinajstić information content (AvgIpc) is 2.91. The van der Waals surface area contributed by atoms with Crippen LogP contribution in [0, 0.1) is 6.92 Å². The summed E-state index contributed by atoms with van der Waals surface area (Å²) in [5.41, 5.74) is 2.45. The van der Waals surface area contributed by atoms with Crippen LogP contribution < -0.4 is 10.6 Å². The molecule has 1 unspecified atom stereocenters. The molecule has 2 N–H and O–H groups in total. The predicted molar refractivity (Wildman–Crippen MR) is 81.1 cm³/mol. The Labute approximate surface area is 124 Å². The van der Waals surface area contributed by atoms with Gasteiger partial charge < -0.3 is 19.8 Å². The first-order valence-electron chi connectivity index (χ1n) is 7.05. The van der Waals surface area contributed by atoms with Crippen molar-refractivity contribution in [1.29, 1.82) is 0 Å². The fraction of sp³-hybridized carbons (Fsp3) is 0.467. The van der Waals surface area contributed by atoms with Crippen molar-refractivity contribution in [1.82, 2.24) is 15.5 Å². The lowest BCUT2D eigenvalue weighted by Gasteiger charge is -2.14. The summed E-state index contributed by atoms with van der Waals surface area (Å²) < 4.78 is 10.5. The third-order valence-electron chi connectivity index (χ3n) is 3.22. The Morgan fingerprint density at radius 1 is 1.29 bits per heavy atom. The number of hydrogen-bond donors (Lipinski definition) is 2. The number of nitrogens with one attached hydrogen (secondary N) is 2. The van der Waals surface area contributed by atoms with E-state index in [2.05, 4.69) is 46.8 Å². The van der Waals surface area contributed by atoms with Crippen LogP contribution in [0.3, 0.4) is 0 Å². The van der Waals surface area contributed by atoms with Crippen LogP contribution in [-0.4, -0.2) is 30.5 Å². The zero-order valence-corrected chi connectivity index (χ0v) is 12.7. The standard InChI is InChI=1S/C15H22N4O2/c1-11-6-4-5-7-13(11)12(2)17-15-19-18-14(21-15)10-16-8-9-20-3/h4-7,12,16H,8-10H2,1-3H3,(H,17,19). The molecular weight excluding hydrogens is 268 g/mol. The van der Waals surface area contributed by atoms with Gasteiger partial charge in [0.15, 0.2) is 0 Å². The third-order valence-corrected chi connectivity index (χ3v) is 3.22. The molecule has 0 aliphatic carbocycles. The second-order valence-corrected chi connectivity index (χ2v) is 4.89. The molecule has 0 aliphatic rings. The maximum atomic E-state index is 5.56. The molecule has 1 atom stereocenters. The molecule has 0 bridgehead atoms. The first kappa shape index (κ1) is 15.5. The molecule has 6 heteroatoms. The summed E-state index contributed by atoms with van der Waals surface area (Å²) in [4.78, 5) is 0. The van der Waals surface area contributed by atoms with Crippen LogP contribution in [-0.2, 0) is 11.3 Å². The Morgan fingerprint density at radius 2 is 2.10 bits per heavy atom. The van der Waals surface area contributed by atoms with Gasteiger partial charge >= 0.3 is 6.01 Å². The van der Waals surface area contributed by atoms with Crippen LogP contribution >= 0.6 is 0 Å². The molecule has 1 aromatic heterocycles. The number of hydrogen-bond acceptors (Lipinski definition) is 6. The van der Waals surface area contributed by atoms with Crippen LogP contribution in [0.1, 0.15) is 30.0 Å². The number of rotatable bonds is 8. The van der Waals surface area contributed by atoms with Crippen molar-refractivity contribution >= 4 is 6.01 Å². The molecule has 1 aromatic carbocycles. The van der Waals surface area contributed by atoms with Crippen molar-refractivity contribution in [2.24, 2.45) is 0 Å². The molecule has 0 saturated carbocycles. The molecule has 0 saturated heterocycles. The molecule has 0 aliphatic heterocycles. The number of aromatic nitrogens is 2. The molecule has 1 heterocycles. The Morgan fingerprint density at radius 3 is 2.86 bits per heavy atom. The number of ether oxygens (including phenoxy) is 1. The van der Waals surface area contributed by atoms with Gasteiger partial charge in [0.05, 0.1) is 19.2 Å². The van der Waals surface area contributed by atoms with Gasteiger partial charge in [0.25, 0.3) is 0 Å². The first-order chi connectivity index (χ1) is 10.2. The van der Waals surface area contributed by atoms with Gasteiger partial charge in [-0.1, -0.05) is 29.4 Å². The molecule has 114 valence electrons. The summed E-state index contributed by atoms with van der Waals surface area (Å²) in [5.74, 6) is 0.561. The minimum Gasteiger partial charge on any atom is -0.407 e. The van der Waals surface area contributed by atoms with Crippen LogP contribution in [0.5, 0.6) is 0 Å². The normalized spacial score (nSPS) is 12.3. The largest absolute Gasteiger partial charge is 0.407 e. The topological polar surface area (TPSA) is 72.2 Å². The highest BCUT2D eigenvalue weighted by Gasteiger charge is 2.12. The van der Waals surface area contributed by atoms with Gasteiger partial charge in [-0.25, -0.2) is 0 Å². The fourth-order valence-electron chi connectivity index (χ4n) is 2.09. The van der Waals surface area contributed by atoms with Gasteiger partial charge in [0, 0.05) is 13.7 Å². The predicted octanol–water partition coefficient (Wildman–Crippen LogP) is 2.29. The minimum atomic E-state index is 0.112. The second-order valence-electron chi connectivity index (χ2n) is 4.89. The molecule has 0 spiro atoms. The highest BCUT2D eigenvalue weighted by Crippen LogP contribution is 2.21. The molecule has 21 heavy (non-hydrogen) atoms. The van der Waals surface area contributed by atoms with Crippen molar-refractivity contribution in [2.45, 2.75) is 26.4 Å². The number of methoxy groups -OCH3 is 1. The SMILES string of the molecule is COCCNCc1nnc(NC(C)c2ccccc2C)o1. The number of benzene rings is 1. The Hall–Kier alpha value is -1.92. The highest BCUT2D eigenvalue weighted by molar-refractivity contribution is 5.33. The van der Waals surface area contributed by atoms with E-state index in [9.17, 15) is 0 Å². The summed E-state index contributed by atoms with van der Waals surface area (Å²) in [6.45, 7) is 6.11. The van der Waals surface area contributed by atoms with Gasteiger partial charge in [-0.3, -0.25) is 0 Å². The maximum Gasteiger partial charge on any atom is 0.315 e. The third kappa shape index (κ3) is 4.54. The van der Waals surface area contributed by atoms with Crippen LogP contribution in [0.2, 0.25) is 0 Å². The van der Waals surface area contributed by atoms with Crippen molar-refractivity contribution in [2.75, 3.05) is 25.6 Å². The van der Waals surface area contributed by atoms with Gasteiger partial charge in [-0.05, 0) is 25.0 Å². The fourth-order valence-corrected chi connectivity index (χ4v) is 2.09. The Balaban J connectivity index is 1.88. The van der Waals surface area contributed by atoms with Gasteiger partial charge in [0.1, 0.15) is 0 Å². The summed E-state index contributed by atoms with van der Waals surface area (Å²) in [6, 6.07) is 8.79. The van der Waals surface area contributed by atoms with E-state index in [1.807, 2.05) is 12.1 Å². The lowest BCUT2D eigenvalue weighted by molar-refractivity contribution is 0.198. The van der Waals surface area contributed by atoms with E-state index in [0.29, 0.717) is 25.1 Å². The van der Waals surface area contributed by atoms with Gasteiger partial charge in [-0.2, -0.15) is 0 Å². The zero-order chi connectivity index (χ0) is 15.1. The smallest absolute Gasteiger partial charge is 0.315 e. The Bertz CT molecular complexity index is 556. The van der Waals surface area contributed by atoms with Crippen LogP contribution in [0.15, 0.2) is 28.7 Å². The van der Waals surface area contributed by atoms with Crippen molar-refractivity contribution in [3.05, 3.63) is 41.3 Å². The average molecular weight is 290 g/mol. The number of anilines is 1. The molecular formula is C15H22N4O2. The lowest BCUT2D eigenvalue weighted by Crippen LogP contribution is -2.18. The minimum absolute atomic E-state index is 0.112. The summed E-state index contributed by atoms with van der Waals surface area (Å²) in [5, 5.41) is 14.4. The van der Waals surface area contributed by atoms with Crippen molar-refractivity contribution in [3.63, 3.8) is 0 Å². The maximum absolute atomic E-state index is 5.56. The van der Waals surface area contributed by atoms with E-state index in [0.717, 1.165) is 6.54 Å². The second kappa shape index (κ2) is 7.75. The number of aryl methyl sites for hydroxylation is 1. The van der Waals surface area contributed by atoms with Crippen LogP contribution in [0.25, 0.3) is 0 Å². The number of nitrogens with zero attached hydrogens (tertiary/aromatic N) is 2. The first-order valence-corrected chi connectivity index (χ1v) is 7.05.